The van der Waals surface area contributed by atoms with Gasteiger partial charge in [-0.15, -0.1) is 0 Å². The standard InChI is InChI=1S/C20H23NO5S/c1-12-10-13(2)15(4)19(14(12)3)27(23,24)21-11-18(20(22)25-5)26-17-9-7-6-8-16(17)21/h6-10,18H,11H2,1-5H3/t18-/m1/s1. The monoisotopic (exact) mass is 389 g/mol. The maximum atomic E-state index is 13.7. The molecule has 0 amide bonds. The van der Waals surface area contributed by atoms with E-state index < -0.39 is 22.1 Å². The van der Waals surface area contributed by atoms with E-state index in [0.29, 0.717) is 22.6 Å². The van der Waals surface area contributed by atoms with E-state index in [-0.39, 0.29) is 11.4 Å². The number of sulfonamides is 1. The van der Waals surface area contributed by atoms with Crippen molar-refractivity contribution in [3.05, 3.63) is 52.6 Å². The second-order valence-electron chi connectivity index (χ2n) is 6.72. The zero-order valence-corrected chi connectivity index (χ0v) is 16.9. The van der Waals surface area contributed by atoms with Gasteiger partial charge >= 0.3 is 5.97 Å². The number of carbonyl (C=O) groups is 1. The lowest BCUT2D eigenvalue weighted by Gasteiger charge is -2.35. The number of nitrogens with zero attached hydrogens (tertiary/aromatic N) is 1. The minimum Gasteiger partial charge on any atom is -0.475 e. The number of rotatable bonds is 3. The maximum absolute atomic E-state index is 13.7. The van der Waals surface area contributed by atoms with Gasteiger partial charge in [0.05, 0.1) is 24.2 Å². The Balaban J connectivity index is 2.21. The van der Waals surface area contributed by atoms with Crippen molar-refractivity contribution in [1.29, 1.82) is 0 Å². The molecule has 1 atom stereocenters. The first-order chi connectivity index (χ1) is 12.7. The Hall–Kier alpha value is -2.54. The summed E-state index contributed by atoms with van der Waals surface area (Å²) < 4.78 is 39.0. The van der Waals surface area contributed by atoms with E-state index in [9.17, 15) is 13.2 Å². The molecule has 0 spiro atoms. The van der Waals surface area contributed by atoms with E-state index in [1.807, 2.05) is 19.9 Å². The molecule has 0 radical (unpaired) electrons. The average molecular weight is 389 g/mol. The number of esters is 1. The lowest BCUT2D eigenvalue weighted by molar-refractivity contribution is -0.148. The quantitative estimate of drug-likeness (QED) is 0.755. The lowest BCUT2D eigenvalue weighted by Crippen LogP contribution is -2.47. The Labute approximate surface area is 159 Å². The van der Waals surface area contributed by atoms with Gasteiger partial charge in [0.15, 0.2) is 0 Å². The SMILES string of the molecule is COC(=O)[C@H]1CN(S(=O)(=O)c2c(C)c(C)cc(C)c2C)c2ccccc2O1. The number of para-hydroxylation sites is 2. The van der Waals surface area contributed by atoms with Gasteiger partial charge in [-0.3, -0.25) is 4.31 Å². The molecule has 144 valence electrons. The van der Waals surface area contributed by atoms with Gasteiger partial charge in [0.25, 0.3) is 10.0 Å². The van der Waals surface area contributed by atoms with E-state index in [2.05, 4.69) is 0 Å². The van der Waals surface area contributed by atoms with Crippen molar-refractivity contribution in [1.82, 2.24) is 0 Å². The molecular weight excluding hydrogens is 366 g/mol. The topological polar surface area (TPSA) is 72.9 Å². The van der Waals surface area contributed by atoms with Crippen LogP contribution in [0.5, 0.6) is 5.75 Å². The summed E-state index contributed by atoms with van der Waals surface area (Å²) in [5.74, 6) is -0.277. The fourth-order valence-electron chi connectivity index (χ4n) is 3.36. The summed E-state index contributed by atoms with van der Waals surface area (Å²) in [7, 11) is -2.66. The van der Waals surface area contributed by atoms with E-state index in [1.165, 1.54) is 11.4 Å². The predicted molar refractivity (Wildman–Crippen MR) is 103 cm³/mol. The summed E-state index contributed by atoms with van der Waals surface area (Å²) in [5.41, 5.74) is 3.63. The van der Waals surface area contributed by atoms with Crippen molar-refractivity contribution in [3.63, 3.8) is 0 Å². The van der Waals surface area contributed by atoms with Gasteiger partial charge in [-0.1, -0.05) is 18.2 Å². The highest BCUT2D eigenvalue weighted by molar-refractivity contribution is 7.93. The summed E-state index contributed by atoms with van der Waals surface area (Å²) in [5, 5.41) is 0. The molecule has 0 aliphatic carbocycles. The first kappa shape index (κ1) is 19.2. The first-order valence-corrected chi connectivity index (χ1v) is 10.1. The highest BCUT2D eigenvalue weighted by Crippen LogP contribution is 2.39. The fourth-order valence-corrected chi connectivity index (χ4v) is 5.42. The summed E-state index contributed by atoms with van der Waals surface area (Å²) >= 11 is 0. The minimum atomic E-state index is -3.91. The number of hydrogen-bond acceptors (Lipinski definition) is 5. The molecule has 2 aromatic rings. The molecule has 0 fully saturated rings. The largest absolute Gasteiger partial charge is 0.475 e. The van der Waals surface area contributed by atoms with Gasteiger partial charge < -0.3 is 9.47 Å². The van der Waals surface area contributed by atoms with Crippen LogP contribution in [0.1, 0.15) is 22.3 Å². The van der Waals surface area contributed by atoms with Crippen LogP contribution in [0.3, 0.4) is 0 Å². The highest BCUT2D eigenvalue weighted by Gasteiger charge is 2.39. The third-order valence-corrected chi connectivity index (χ3v) is 7.10. The van der Waals surface area contributed by atoms with Crippen molar-refractivity contribution in [2.75, 3.05) is 18.0 Å². The number of anilines is 1. The van der Waals surface area contributed by atoms with Crippen LogP contribution < -0.4 is 9.04 Å². The number of carbonyl (C=O) groups excluding carboxylic acids is 1. The van der Waals surface area contributed by atoms with Crippen LogP contribution in [-0.4, -0.2) is 34.1 Å². The number of methoxy groups -OCH3 is 1. The number of benzene rings is 2. The molecular formula is C20H23NO5S. The molecule has 0 bridgehead atoms. The van der Waals surface area contributed by atoms with E-state index in [4.69, 9.17) is 9.47 Å². The van der Waals surface area contributed by atoms with Crippen LogP contribution in [0.25, 0.3) is 0 Å². The van der Waals surface area contributed by atoms with Gasteiger partial charge in [0.1, 0.15) is 5.75 Å². The molecule has 27 heavy (non-hydrogen) atoms. The summed E-state index contributed by atoms with van der Waals surface area (Å²) in [6, 6.07) is 8.77. The van der Waals surface area contributed by atoms with Gasteiger partial charge in [-0.25, -0.2) is 13.2 Å². The normalized spacial score (nSPS) is 16.5. The van der Waals surface area contributed by atoms with Crippen molar-refractivity contribution < 1.29 is 22.7 Å². The van der Waals surface area contributed by atoms with Crippen LogP contribution in [0.4, 0.5) is 5.69 Å². The van der Waals surface area contributed by atoms with Crippen molar-refractivity contribution in [3.8, 4) is 5.75 Å². The van der Waals surface area contributed by atoms with Crippen LogP contribution in [0.15, 0.2) is 35.2 Å². The Morgan fingerprint density at radius 3 is 2.30 bits per heavy atom. The second-order valence-corrected chi connectivity index (χ2v) is 8.52. The smallest absolute Gasteiger partial charge is 0.348 e. The summed E-state index contributed by atoms with van der Waals surface area (Å²) in [4.78, 5) is 12.3. The molecule has 1 aliphatic rings. The maximum Gasteiger partial charge on any atom is 0.348 e. The molecule has 1 heterocycles. The zero-order valence-electron chi connectivity index (χ0n) is 16.1. The molecule has 3 rings (SSSR count). The highest BCUT2D eigenvalue weighted by atomic mass is 32.2. The molecule has 6 nitrogen and oxygen atoms in total. The number of ether oxygens (including phenoxy) is 2. The number of hydrogen-bond donors (Lipinski definition) is 0. The van der Waals surface area contributed by atoms with Crippen molar-refractivity contribution in [2.24, 2.45) is 0 Å². The molecule has 1 aliphatic heterocycles. The third kappa shape index (κ3) is 3.16. The Bertz CT molecular complexity index is 987. The number of aryl methyl sites for hydroxylation is 2. The van der Waals surface area contributed by atoms with Crippen molar-refractivity contribution in [2.45, 2.75) is 38.7 Å². The van der Waals surface area contributed by atoms with Crippen LogP contribution in [0.2, 0.25) is 0 Å². The van der Waals surface area contributed by atoms with Crippen molar-refractivity contribution >= 4 is 21.7 Å². The van der Waals surface area contributed by atoms with Crippen LogP contribution in [0, 0.1) is 27.7 Å². The van der Waals surface area contributed by atoms with E-state index >= 15 is 0 Å². The van der Waals surface area contributed by atoms with Gasteiger partial charge in [0.2, 0.25) is 6.10 Å². The molecule has 0 N–H and O–H groups in total. The Kier molecular flexibility index (Phi) is 4.90. The molecule has 2 aromatic carbocycles. The summed E-state index contributed by atoms with van der Waals surface area (Å²) in [6.07, 6.45) is -1.02. The van der Waals surface area contributed by atoms with Gasteiger partial charge in [0, 0.05) is 0 Å². The zero-order chi connectivity index (χ0) is 19.9. The Morgan fingerprint density at radius 1 is 1.11 bits per heavy atom. The number of fused-ring (bicyclic) bond motifs is 1. The predicted octanol–water partition coefficient (Wildman–Crippen LogP) is 3.05. The van der Waals surface area contributed by atoms with Gasteiger partial charge in [-0.05, 0) is 62.1 Å². The average Bonchev–Trinajstić information content (AvgIpc) is 2.64. The first-order valence-electron chi connectivity index (χ1n) is 8.62. The molecule has 0 unspecified atom stereocenters. The summed E-state index contributed by atoms with van der Waals surface area (Å²) in [6.45, 7) is 7.26. The second kappa shape index (κ2) is 6.88. The lowest BCUT2D eigenvalue weighted by atomic mass is 10.0. The third-order valence-electron chi connectivity index (χ3n) is 5.04. The van der Waals surface area contributed by atoms with Gasteiger partial charge in [-0.2, -0.15) is 0 Å². The fraction of sp³-hybridized carbons (Fsp3) is 0.350. The van der Waals surface area contributed by atoms with Crippen LogP contribution >= 0.6 is 0 Å². The molecule has 0 saturated heterocycles. The minimum absolute atomic E-state index is 0.141. The molecule has 7 heteroatoms. The van der Waals surface area contributed by atoms with E-state index in [0.717, 1.165) is 11.1 Å². The molecule has 0 aromatic heterocycles. The van der Waals surface area contributed by atoms with Crippen LogP contribution in [-0.2, 0) is 19.6 Å². The van der Waals surface area contributed by atoms with E-state index in [1.54, 1.807) is 38.1 Å². The Morgan fingerprint density at radius 2 is 1.70 bits per heavy atom. The molecule has 0 saturated carbocycles.